The summed E-state index contributed by atoms with van der Waals surface area (Å²) >= 11 is 19.2. The van der Waals surface area contributed by atoms with Gasteiger partial charge in [0.15, 0.2) is 0 Å². The summed E-state index contributed by atoms with van der Waals surface area (Å²) in [5.74, 6) is 0. The largest absolute Gasteiger partial charge is 0.0843 e. The topological polar surface area (TPSA) is 0 Å². The maximum atomic E-state index is 6.61. The predicted octanol–water partition coefficient (Wildman–Crippen LogP) is 7.91. The highest BCUT2D eigenvalue weighted by molar-refractivity contribution is 6.36. The van der Waals surface area contributed by atoms with Gasteiger partial charge in [0.25, 0.3) is 0 Å². The van der Waals surface area contributed by atoms with Crippen LogP contribution in [0.4, 0.5) is 0 Å². The Morgan fingerprint density at radius 2 is 1.21 bits per heavy atom. The molecule has 122 valence electrons. The van der Waals surface area contributed by atoms with Crippen LogP contribution in [0.3, 0.4) is 0 Å². The summed E-state index contributed by atoms with van der Waals surface area (Å²) in [6, 6.07) is 16.0. The number of rotatable bonds is 2. The van der Waals surface area contributed by atoms with Crippen molar-refractivity contribution in [1.29, 1.82) is 0 Å². The van der Waals surface area contributed by atoms with Crippen molar-refractivity contribution < 1.29 is 0 Å². The van der Waals surface area contributed by atoms with Crippen LogP contribution in [0.15, 0.2) is 48.5 Å². The molecule has 0 aliphatic rings. The van der Waals surface area contributed by atoms with Crippen molar-refractivity contribution in [3.8, 4) is 22.3 Å². The Hall–Kier alpha value is -1.47. The lowest BCUT2D eigenvalue weighted by molar-refractivity contribution is 1.40. The van der Waals surface area contributed by atoms with Gasteiger partial charge in [-0.15, -0.1) is 0 Å². The van der Waals surface area contributed by atoms with E-state index in [2.05, 4.69) is 26.0 Å². The first-order valence-electron chi connectivity index (χ1n) is 7.70. The van der Waals surface area contributed by atoms with Crippen LogP contribution >= 0.6 is 34.8 Å². The predicted molar refractivity (Wildman–Crippen MR) is 107 cm³/mol. The molecule has 0 unspecified atom stereocenters. The zero-order valence-corrected chi connectivity index (χ0v) is 16.0. The molecule has 0 radical (unpaired) electrons. The van der Waals surface area contributed by atoms with Crippen LogP contribution in [0.2, 0.25) is 15.1 Å². The highest BCUT2D eigenvalue weighted by atomic mass is 35.5. The summed E-state index contributed by atoms with van der Waals surface area (Å²) in [5.41, 5.74) is 7.55. The molecule has 0 aliphatic carbocycles. The molecule has 3 aromatic rings. The fraction of sp³-hybridized carbons (Fsp3) is 0.143. The maximum Gasteiger partial charge on any atom is 0.0491 e. The van der Waals surface area contributed by atoms with E-state index in [0.717, 1.165) is 38.4 Å². The van der Waals surface area contributed by atoms with Crippen LogP contribution in [-0.2, 0) is 0 Å². The normalized spacial score (nSPS) is 10.9. The average molecular weight is 376 g/mol. The lowest BCUT2D eigenvalue weighted by Gasteiger charge is -2.15. The molecule has 24 heavy (non-hydrogen) atoms. The van der Waals surface area contributed by atoms with Crippen molar-refractivity contribution >= 4 is 34.8 Å². The van der Waals surface area contributed by atoms with Crippen LogP contribution in [0.25, 0.3) is 22.3 Å². The van der Waals surface area contributed by atoms with E-state index in [9.17, 15) is 0 Å². The molecule has 0 heterocycles. The van der Waals surface area contributed by atoms with E-state index in [1.807, 2.05) is 43.3 Å². The molecule has 0 N–H and O–H groups in total. The molecule has 0 aliphatic heterocycles. The third-order valence-corrected chi connectivity index (χ3v) is 5.09. The Kier molecular flexibility index (Phi) is 4.92. The molecule has 0 aromatic heterocycles. The van der Waals surface area contributed by atoms with E-state index in [-0.39, 0.29) is 0 Å². The summed E-state index contributed by atoms with van der Waals surface area (Å²) in [6.45, 7) is 6.20. The van der Waals surface area contributed by atoms with Crippen molar-refractivity contribution in [1.82, 2.24) is 0 Å². The number of benzene rings is 3. The van der Waals surface area contributed by atoms with Gasteiger partial charge in [-0.2, -0.15) is 0 Å². The summed E-state index contributed by atoms with van der Waals surface area (Å²) in [6.07, 6.45) is 0. The van der Waals surface area contributed by atoms with Crippen molar-refractivity contribution in [2.24, 2.45) is 0 Å². The quantitative estimate of drug-likeness (QED) is 0.427. The number of hydrogen-bond donors (Lipinski definition) is 0. The smallest absolute Gasteiger partial charge is 0.0491 e. The molecule has 0 saturated heterocycles. The van der Waals surface area contributed by atoms with Gasteiger partial charge in [0, 0.05) is 26.2 Å². The minimum absolute atomic E-state index is 0.683. The lowest BCUT2D eigenvalue weighted by atomic mass is 9.93. The summed E-state index contributed by atoms with van der Waals surface area (Å²) < 4.78 is 0. The minimum atomic E-state index is 0.683. The third kappa shape index (κ3) is 3.32. The van der Waals surface area contributed by atoms with Gasteiger partial charge in [0.05, 0.1) is 0 Å². The Morgan fingerprint density at radius 3 is 1.96 bits per heavy atom. The fourth-order valence-electron chi connectivity index (χ4n) is 2.91. The summed E-state index contributed by atoms with van der Waals surface area (Å²) in [4.78, 5) is 0. The third-order valence-electron chi connectivity index (χ3n) is 4.22. The molecular formula is C21H17Cl3. The standard InChI is InChI=1S/C21H17Cl3/c1-12-4-7-20(23)18(8-12)19-9-14(3)17(11-21(19)24)16-10-15(22)6-5-13(16)2/h4-11H,1-3H3. The summed E-state index contributed by atoms with van der Waals surface area (Å²) in [5, 5.41) is 2.10. The van der Waals surface area contributed by atoms with Gasteiger partial charge in [-0.05, 0) is 79.4 Å². The second-order valence-corrected chi connectivity index (χ2v) is 7.34. The van der Waals surface area contributed by atoms with Crippen LogP contribution in [0, 0.1) is 20.8 Å². The second-order valence-electron chi connectivity index (χ2n) is 6.09. The summed E-state index contributed by atoms with van der Waals surface area (Å²) in [7, 11) is 0. The van der Waals surface area contributed by atoms with Crippen LogP contribution in [0.1, 0.15) is 16.7 Å². The Morgan fingerprint density at radius 1 is 0.542 bits per heavy atom. The first-order chi connectivity index (χ1) is 11.4. The fourth-order valence-corrected chi connectivity index (χ4v) is 3.56. The first kappa shape index (κ1) is 17.4. The van der Waals surface area contributed by atoms with Gasteiger partial charge in [-0.1, -0.05) is 52.5 Å². The van der Waals surface area contributed by atoms with E-state index >= 15 is 0 Å². The average Bonchev–Trinajstić information content (AvgIpc) is 2.54. The van der Waals surface area contributed by atoms with E-state index in [1.165, 1.54) is 5.56 Å². The Labute approximate surface area is 158 Å². The van der Waals surface area contributed by atoms with Crippen molar-refractivity contribution in [3.05, 3.63) is 80.3 Å². The molecule has 0 spiro atoms. The number of halogens is 3. The highest BCUT2D eigenvalue weighted by Gasteiger charge is 2.13. The van der Waals surface area contributed by atoms with Gasteiger partial charge in [-0.3, -0.25) is 0 Å². The first-order valence-corrected chi connectivity index (χ1v) is 8.83. The van der Waals surface area contributed by atoms with Crippen LogP contribution < -0.4 is 0 Å². The van der Waals surface area contributed by atoms with E-state index in [4.69, 9.17) is 34.8 Å². The van der Waals surface area contributed by atoms with E-state index in [1.54, 1.807) is 0 Å². The van der Waals surface area contributed by atoms with Gasteiger partial charge >= 0.3 is 0 Å². The molecule has 0 bridgehead atoms. The van der Waals surface area contributed by atoms with Crippen molar-refractivity contribution in [2.45, 2.75) is 20.8 Å². The van der Waals surface area contributed by atoms with Gasteiger partial charge in [0.1, 0.15) is 0 Å². The molecule has 0 fully saturated rings. The SMILES string of the molecule is Cc1ccc(Cl)c(-c2cc(C)c(-c3cc(Cl)ccc3C)cc2Cl)c1. The van der Waals surface area contributed by atoms with Crippen LogP contribution in [-0.4, -0.2) is 0 Å². The van der Waals surface area contributed by atoms with E-state index < -0.39 is 0 Å². The molecule has 3 rings (SSSR count). The zero-order valence-electron chi connectivity index (χ0n) is 13.8. The molecule has 0 amide bonds. The Bertz CT molecular complexity index is 849. The molecule has 3 heteroatoms. The van der Waals surface area contributed by atoms with Crippen LogP contribution in [0.5, 0.6) is 0 Å². The lowest BCUT2D eigenvalue weighted by Crippen LogP contribution is -1.91. The minimum Gasteiger partial charge on any atom is -0.0843 e. The molecule has 0 nitrogen and oxygen atoms in total. The maximum absolute atomic E-state index is 6.61. The molecule has 0 atom stereocenters. The highest BCUT2D eigenvalue weighted by Crippen LogP contribution is 2.39. The zero-order chi connectivity index (χ0) is 17.4. The monoisotopic (exact) mass is 374 g/mol. The van der Waals surface area contributed by atoms with Crippen molar-refractivity contribution in [3.63, 3.8) is 0 Å². The Balaban J connectivity index is 2.20. The molecular weight excluding hydrogens is 359 g/mol. The van der Waals surface area contributed by atoms with Gasteiger partial charge < -0.3 is 0 Å². The second kappa shape index (κ2) is 6.80. The van der Waals surface area contributed by atoms with E-state index in [0.29, 0.717) is 10.0 Å². The van der Waals surface area contributed by atoms with Gasteiger partial charge in [0.2, 0.25) is 0 Å². The molecule has 0 saturated carbocycles. The number of hydrogen-bond acceptors (Lipinski definition) is 0. The number of aryl methyl sites for hydroxylation is 3. The van der Waals surface area contributed by atoms with Crippen molar-refractivity contribution in [2.75, 3.05) is 0 Å². The van der Waals surface area contributed by atoms with Gasteiger partial charge in [-0.25, -0.2) is 0 Å². The molecule has 3 aromatic carbocycles.